The lowest BCUT2D eigenvalue weighted by atomic mass is 9.94. The van der Waals surface area contributed by atoms with Crippen molar-refractivity contribution in [2.45, 2.75) is 72.3 Å². The number of nitrogens with one attached hydrogen (secondary N) is 2. The monoisotopic (exact) mass is 408 g/mol. The molecule has 2 aromatic rings. The normalized spacial score (nSPS) is 13.5. The molecule has 0 saturated heterocycles. The molecule has 0 unspecified atom stereocenters. The largest absolute Gasteiger partial charge is 0.368 e. The van der Waals surface area contributed by atoms with Gasteiger partial charge in [0.25, 0.3) is 0 Å². The summed E-state index contributed by atoms with van der Waals surface area (Å²) >= 11 is 10.1. The topological polar surface area (TPSA) is 24.1 Å². The summed E-state index contributed by atoms with van der Waals surface area (Å²) < 4.78 is 0.909. The average molecular weight is 409 g/mol. The Bertz CT molecular complexity index is 789. The Morgan fingerprint density at radius 3 is 2.62 bits per heavy atom. The molecule has 3 rings (SSSR count). The first-order valence-electron chi connectivity index (χ1n) is 9.64. The number of rotatable bonds is 8. The SMILES string of the molecule is C=C(NCc1c(Cl)sc(C)c1CCC)Nc1sc2c(c1CC)CCCC2. The third-order valence-electron chi connectivity index (χ3n) is 5.15. The molecule has 0 bridgehead atoms. The second kappa shape index (κ2) is 8.81. The molecule has 142 valence electrons. The first-order chi connectivity index (χ1) is 12.5. The Balaban J connectivity index is 1.68. The van der Waals surface area contributed by atoms with Gasteiger partial charge in [-0.05, 0) is 62.1 Å². The first-order valence-corrected chi connectivity index (χ1v) is 11.7. The van der Waals surface area contributed by atoms with Crippen LogP contribution in [0.1, 0.15) is 65.1 Å². The van der Waals surface area contributed by atoms with E-state index in [2.05, 4.69) is 38.0 Å². The molecule has 26 heavy (non-hydrogen) atoms. The van der Waals surface area contributed by atoms with Gasteiger partial charge in [0.05, 0.1) is 15.2 Å². The number of thiophene rings is 2. The minimum atomic E-state index is 0.733. The Kier molecular flexibility index (Phi) is 6.70. The number of hydrogen-bond acceptors (Lipinski definition) is 4. The summed E-state index contributed by atoms with van der Waals surface area (Å²) in [6.07, 6.45) is 8.43. The summed E-state index contributed by atoms with van der Waals surface area (Å²) in [5, 5.41) is 8.27. The van der Waals surface area contributed by atoms with Crippen molar-refractivity contribution in [1.29, 1.82) is 0 Å². The van der Waals surface area contributed by atoms with Gasteiger partial charge in [-0.15, -0.1) is 22.7 Å². The van der Waals surface area contributed by atoms with Crippen LogP contribution in [-0.4, -0.2) is 0 Å². The number of fused-ring (bicyclic) bond motifs is 1. The van der Waals surface area contributed by atoms with E-state index in [1.807, 2.05) is 11.3 Å². The Labute approximate surface area is 170 Å². The first kappa shape index (κ1) is 19.8. The van der Waals surface area contributed by atoms with Gasteiger partial charge in [-0.1, -0.05) is 38.4 Å². The number of halogens is 1. The minimum Gasteiger partial charge on any atom is -0.368 e. The molecule has 5 heteroatoms. The van der Waals surface area contributed by atoms with Gasteiger partial charge in [-0.25, -0.2) is 0 Å². The quantitative estimate of drug-likeness (QED) is 0.499. The van der Waals surface area contributed by atoms with Gasteiger partial charge in [0, 0.05) is 21.9 Å². The molecule has 0 aromatic carbocycles. The van der Waals surface area contributed by atoms with Crippen molar-refractivity contribution < 1.29 is 0 Å². The van der Waals surface area contributed by atoms with Crippen LogP contribution in [0.15, 0.2) is 12.4 Å². The molecule has 2 aromatic heterocycles. The van der Waals surface area contributed by atoms with Gasteiger partial charge < -0.3 is 10.6 Å². The predicted molar refractivity (Wildman–Crippen MR) is 118 cm³/mol. The molecule has 0 amide bonds. The molecule has 1 aliphatic carbocycles. The Hall–Kier alpha value is -0.970. The molecule has 2 nitrogen and oxygen atoms in total. The van der Waals surface area contributed by atoms with Crippen LogP contribution in [0.4, 0.5) is 5.00 Å². The van der Waals surface area contributed by atoms with E-state index in [9.17, 15) is 0 Å². The van der Waals surface area contributed by atoms with E-state index in [1.165, 1.54) is 52.3 Å². The predicted octanol–water partition coefficient (Wildman–Crippen LogP) is 6.84. The molecule has 0 spiro atoms. The van der Waals surface area contributed by atoms with Crippen molar-refractivity contribution in [3.63, 3.8) is 0 Å². The van der Waals surface area contributed by atoms with Gasteiger partial charge in [-0.2, -0.15) is 0 Å². The molecule has 0 atom stereocenters. The summed E-state index contributed by atoms with van der Waals surface area (Å²) in [6.45, 7) is 11.6. The highest BCUT2D eigenvalue weighted by atomic mass is 35.5. The number of aryl methyl sites for hydroxylation is 2. The van der Waals surface area contributed by atoms with Gasteiger partial charge in [0.2, 0.25) is 0 Å². The Morgan fingerprint density at radius 1 is 1.12 bits per heavy atom. The lowest BCUT2D eigenvalue weighted by molar-refractivity contribution is 0.691. The number of hydrogen-bond donors (Lipinski definition) is 2. The van der Waals surface area contributed by atoms with E-state index in [4.69, 9.17) is 11.6 Å². The van der Waals surface area contributed by atoms with Gasteiger partial charge >= 0.3 is 0 Å². The molecular formula is C21H29ClN2S2. The van der Waals surface area contributed by atoms with Crippen LogP contribution >= 0.6 is 34.3 Å². The van der Waals surface area contributed by atoms with Gasteiger partial charge in [0.15, 0.2) is 0 Å². The zero-order chi connectivity index (χ0) is 18.7. The van der Waals surface area contributed by atoms with Gasteiger partial charge in [0.1, 0.15) is 0 Å². The van der Waals surface area contributed by atoms with Crippen LogP contribution in [-0.2, 0) is 32.2 Å². The molecule has 2 heterocycles. The average Bonchev–Trinajstić information content (AvgIpc) is 3.10. The summed E-state index contributed by atoms with van der Waals surface area (Å²) in [7, 11) is 0. The molecule has 0 fully saturated rings. The maximum Gasteiger partial charge on any atom is 0.0983 e. The van der Waals surface area contributed by atoms with Crippen LogP contribution in [0.3, 0.4) is 0 Å². The van der Waals surface area contributed by atoms with Crippen LogP contribution in [0.2, 0.25) is 4.34 Å². The van der Waals surface area contributed by atoms with Crippen LogP contribution in [0.5, 0.6) is 0 Å². The van der Waals surface area contributed by atoms with Crippen molar-refractivity contribution in [2.75, 3.05) is 5.32 Å². The standard InChI is InChI=1S/C21H29ClN2S2/c1-5-9-16-13(3)25-20(22)18(16)12-23-14(4)24-21-15(6-2)17-10-7-8-11-19(17)26-21/h23-24H,4-12H2,1-3H3. The van der Waals surface area contributed by atoms with E-state index >= 15 is 0 Å². The second-order valence-electron chi connectivity index (χ2n) is 6.97. The highest BCUT2D eigenvalue weighted by molar-refractivity contribution is 7.16. The van der Waals surface area contributed by atoms with Gasteiger partial charge in [-0.3, -0.25) is 0 Å². The highest BCUT2D eigenvalue weighted by Crippen LogP contribution is 2.39. The van der Waals surface area contributed by atoms with E-state index in [1.54, 1.807) is 21.8 Å². The summed E-state index contributed by atoms with van der Waals surface area (Å²) in [5.74, 6) is 0.862. The van der Waals surface area contributed by atoms with Crippen molar-refractivity contribution in [3.8, 4) is 0 Å². The molecule has 0 aliphatic heterocycles. The Morgan fingerprint density at radius 2 is 1.88 bits per heavy atom. The van der Waals surface area contributed by atoms with Crippen molar-refractivity contribution >= 4 is 39.3 Å². The van der Waals surface area contributed by atoms with E-state index in [-0.39, 0.29) is 0 Å². The lowest BCUT2D eigenvalue weighted by Crippen LogP contribution is -2.19. The van der Waals surface area contributed by atoms with Crippen molar-refractivity contribution in [3.05, 3.63) is 48.7 Å². The zero-order valence-corrected chi connectivity index (χ0v) is 18.4. The summed E-state index contributed by atoms with van der Waals surface area (Å²) in [4.78, 5) is 2.91. The van der Waals surface area contributed by atoms with Crippen molar-refractivity contribution in [1.82, 2.24) is 5.32 Å². The molecular weight excluding hydrogens is 380 g/mol. The van der Waals surface area contributed by atoms with Crippen LogP contribution in [0, 0.1) is 6.92 Å². The maximum atomic E-state index is 6.48. The summed E-state index contributed by atoms with van der Waals surface area (Å²) in [5.41, 5.74) is 5.73. The molecule has 0 saturated carbocycles. The molecule has 0 radical (unpaired) electrons. The lowest BCUT2D eigenvalue weighted by Gasteiger charge is -2.14. The molecule has 1 aliphatic rings. The van der Waals surface area contributed by atoms with Crippen LogP contribution < -0.4 is 10.6 Å². The van der Waals surface area contributed by atoms with Crippen molar-refractivity contribution in [2.24, 2.45) is 0 Å². The maximum absolute atomic E-state index is 6.48. The highest BCUT2D eigenvalue weighted by Gasteiger charge is 2.20. The second-order valence-corrected chi connectivity index (χ2v) is 9.90. The van der Waals surface area contributed by atoms with E-state index in [0.29, 0.717) is 0 Å². The minimum absolute atomic E-state index is 0.733. The third-order valence-corrected chi connectivity index (χ3v) is 7.83. The fourth-order valence-corrected chi connectivity index (χ4v) is 6.69. The molecule has 2 N–H and O–H groups in total. The van der Waals surface area contributed by atoms with E-state index < -0.39 is 0 Å². The van der Waals surface area contributed by atoms with E-state index in [0.717, 1.165) is 36.0 Å². The zero-order valence-electron chi connectivity index (χ0n) is 16.1. The fraction of sp³-hybridized carbons (Fsp3) is 0.524. The third kappa shape index (κ3) is 4.13. The summed E-state index contributed by atoms with van der Waals surface area (Å²) in [6, 6.07) is 0. The van der Waals surface area contributed by atoms with Crippen LogP contribution in [0.25, 0.3) is 0 Å². The fourth-order valence-electron chi connectivity index (χ4n) is 3.82. The number of anilines is 1. The smallest absolute Gasteiger partial charge is 0.0983 e.